The molecule has 0 spiro atoms. The van der Waals surface area contributed by atoms with Crippen molar-refractivity contribution >= 4 is 17.3 Å². The van der Waals surface area contributed by atoms with Gasteiger partial charge in [-0.15, -0.1) is 11.3 Å². The maximum Gasteiger partial charge on any atom is 0.191 e. The summed E-state index contributed by atoms with van der Waals surface area (Å²) in [6.07, 6.45) is 2.44. The minimum Gasteiger partial charge on any atom is -0.357 e. The van der Waals surface area contributed by atoms with Crippen molar-refractivity contribution in [2.45, 2.75) is 33.7 Å². The number of hydrogen-bond acceptors (Lipinski definition) is 5. The SMILES string of the molecule is CCNC(=NCc1ncnn1C)NCCc1nc(C)c(C)s1. The Hall–Kier alpha value is -1.96. The molecule has 0 fully saturated rings. The fraction of sp³-hybridized carbons (Fsp3) is 0.571. The van der Waals surface area contributed by atoms with E-state index in [-0.39, 0.29) is 0 Å². The van der Waals surface area contributed by atoms with Crippen LogP contribution in [0, 0.1) is 13.8 Å². The summed E-state index contributed by atoms with van der Waals surface area (Å²) in [6, 6.07) is 0. The second-order valence-corrected chi connectivity index (χ2v) is 6.21. The number of nitrogens with one attached hydrogen (secondary N) is 2. The topological polar surface area (TPSA) is 80.0 Å². The van der Waals surface area contributed by atoms with Crippen molar-refractivity contribution in [3.05, 3.63) is 27.7 Å². The number of aryl methyl sites for hydroxylation is 3. The van der Waals surface area contributed by atoms with Crippen LogP contribution >= 0.6 is 11.3 Å². The molecule has 2 aromatic heterocycles. The van der Waals surface area contributed by atoms with E-state index in [1.165, 1.54) is 4.88 Å². The molecule has 0 aliphatic carbocycles. The van der Waals surface area contributed by atoms with Crippen molar-refractivity contribution in [3.63, 3.8) is 0 Å². The fourth-order valence-electron chi connectivity index (χ4n) is 1.89. The van der Waals surface area contributed by atoms with E-state index in [2.05, 4.69) is 44.5 Å². The van der Waals surface area contributed by atoms with Gasteiger partial charge in [0.2, 0.25) is 0 Å². The van der Waals surface area contributed by atoms with E-state index in [4.69, 9.17) is 0 Å². The molecule has 2 heterocycles. The first kappa shape index (κ1) is 16.4. The molecule has 0 aromatic carbocycles. The van der Waals surface area contributed by atoms with E-state index < -0.39 is 0 Å². The quantitative estimate of drug-likeness (QED) is 0.617. The van der Waals surface area contributed by atoms with Gasteiger partial charge in [0.25, 0.3) is 0 Å². The van der Waals surface area contributed by atoms with Crippen LogP contribution in [0.1, 0.15) is 28.3 Å². The first-order chi connectivity index (χ1) is 10.6. The lowest BCUT2D eigenvalue weighted by Gasteiger charge is -2.10. The van der Waals surface area contributed by atoms with Gasteiger partial charge in [0.1, 0.15) is 18.7 Å². The molecule has 0 aliphatic heterocycles. The highest BCUT2D eigenvalue weighted by Gasteiger charge is 2.05. The molecule has 2 N–H and O–H groups in total. The first-order valence-electron chi connectivity index (χ1n) is 7.38. The summed E-state index contributed by atoms with van der Waals surface area (Å²) < 4.78 is 1.73. The number of aliphatic imine (C=N–C) groups is 1. The maximum absolute atomic E-state index is 4.55. The Labute approximate surface area is 134 Å². The Morgan fingerprint density at radius 3 is 2.77 bits per heavy atom. The molecular formula is C14H23N7S. The number of nitrogens with zero attached hydrogens (tertiary/aromatic N) is 5. The minimum atomic E-state index is 0.501. The number of rotatable bonds is 6. The van der Waals surface area contributed by atoms with Gasteiger partial charge in [0, 0.05) is 31.4 Å². The zero-order valence-corrected chi connectivity index (χ0v) is 14.4. The monoisotopic (exact) mass is 321 g/mol. The minimum absolute atomic E-state index is 0.501. The van der Waals surface area contributed by atoms with Gasteiger partial charge in [-0.05, 0) is 20.8 Å². The van der Waals surface area contributed by atoms with Crippen LogP contribution < -0.4 is 10.6 Å². The highest BCUT2D eigenvalue weighted by molar-refractivity contribution is 7.11. The largest absolute Gasteiger partial charge is 0.357 e. The molecule has 0 bridgehead atoms. The van der Waals surface area contributed by atoms with Crippen molar-refractivity contribution in [2.24, 2.45) is 12.0 Å². The lowest BCUT2D eigenvalue weighted by atomic mass is 10.4. The molecule has 0 atom stereocenters. The average molecular weight is 321 g/mol. The predicted molar refractivity (Wildman–Crippen MR) is 89.1 cm³/mol. The van der Waals surface area contributed by atoms with Crippen LogP contribution in [0.25, 0.3) is 0 Å². The van der Waals surface area contributed by atoms with Crippen LogP contribution in [0.4, 0.5) is 0 Å². The number of hydrogen-bond donors (Lipinski definition) is 2. The second kappa shape index (κ2) is 7.88. The second-order valence-electron chi connectivity index (χ2n) is 4.92. The highest BCUT2D eigenvalue weighted by atomic mass is 32.1. The predicted octanol–water partition coefficient (Wildman–Crippen LogP) is 1.19. The van der Waals surface area contributed by atoms with Crippen molar-refractivity contribution in [1.82, 2.24) is 30.4 Å². The summed E-state index contributed by atoms with van der Waals surface area (Å²) in [4.78, 5) is 14.5. The van der Waals surface area contributed by atoms with E-state index in [0.717, 1.165) is 42.0 Å². The molecule has 22 heavy (non-hydrogen) atoms. The van der Waals surface area contributed by atoms with E-state index in [1.807, 2.05) is 14.0 Å². The zero-order valence-electron chi connectivity index (χ0n) is 13.6. The Morgan fingerprint density at radius 1 is 1.36 bits per heavy atom. The zero-order chi connectivity index (χ0) is 15.9. The molecule has 2 rings (SSSR count). The Kier molecular flexibility index (Phi) is 5.88. The van der Waals surface area contributed by atoms with Gasteiger partial charge in [0.05, 0.1) is 10.7 Å². The molecule has 7 nitrogen and oxygen atoms in total. The lowest BCUT2D eigenvalue weighted by Crippen LogP contribution is -2.38. The number of thiazole rings is 1. The van der Waals surface area contributed by atoms with Gasteiger partial charge < -0.3 is 10.6 Å². The van der Waals surface area contributed by atoms with E-state index in [1.54, 1.807) is 22.3 Å². The van der Waals surface area contributed by atoms with Gasteiger partial charge in [-0.3, -0.25) is 4.68 Å². The molecule has 0 radical (unpaired) electrons. The average Bonchev–Trinajstić information content (AvgIpc) is 3.02. The molecule has 0 unspecified atom stereocenters. The van der Waals surface area contributed by atoms with Crippen molar-refractivity contribution in [2.75, 3.05) is 13.1 Å². The highest BCUT2D eigenvalue weighted by Crippen LogP contribution is 2.16. The molecular weight excluding hydrogens is 298 g/mol. The van der Waals surface area contributed by atoms with Crippen LogP contribution in [0.15, 0.2) is 11.3 Å². The molecule has 8 heteroatoms. The van der Waals surface area contributed by atoms with E-state index >= 15 is 0 Å². The van der Waals surface area contributed by atoms with Crippen LogP contribution in [0.3, 0.4) is 0 Å². The standard InChI is InChI=1S/C14H23N7S/c1-5-15-14(17-8-12-18-9-19-21(12)4)16-7-6-13-20-10(2)11(3)22-13/h9H,5-8H2,1-4H3,(H2,15,16,17). The van der Waals surface area contributed by atoms with Crippen LogP contribution in [0.5, 0.6) is 0 Å². The van der Waals surface area contributed by atoms with E-state index in [0.29, 0.717) is 6.54 Å². The van der Waals surface area contributed by atoms with Gasteiger partial charge in [0.15, 0.2) is 5.96 Å². The molecule has 0 aliphatic rings. The summed E-state index contributed by atoms with van der Waals surface area (Å²) in [5.74, 6) is 1.62. The van der Waals surface area contributed by atoms with Gasteiger partial charge in [-0.25, -0.2) is 15.0 Å². The van der Waals surface area contributed by atoms with Crippen LogP contribution in [-0.4, -0.2) is 38.8 Å². The Balaban J connectivity index is 1.87. The van der Waals surface area contributed by atoms with Crippen LogP contribution in [0.2, 0.25) is 0 Å². The molecule has 120 valence electrons. The third kappa shape index (κ3) is 4.52. The summed E-state index contributed by atoms with van der Waals surface area (Å²) >= 11 is 1.76. The first-order valence-corrected chi connectivity index (χ1v) is 8.19. The molecule has 0 amide bonds. The smallest absolute Gasteiger partial charge is 0.191 e. The summed E-state index contributed by atoms with van der Waals surface area (Å²) in [6.45, 7) is 8.33. The van der Waals surface area contributed by atoms with Crippen molar-refractivity contribution in [1.29, 1.82) is 0 Å². The molecule has 0 saturated carbocycles. The third-order valence-electron chi connectivity index (χ3n) is 3.23. The molecule has 2 aromatic rings. The normalized spacial score (nSPS) is 11.7. The van der Waals surface area contributed by atoms with E-state index in [9.17, 15) is 0 Å². The Morgan fingerprint density at radius 2 is 2.18 bits per heavy atom. The summed E-state index contributed by atoms with van der Waals surface area (Å²) in [5, 5.41) is 11.8. The number of guanidine groups is 1. The van der Waals surface area contributed by atoms with Gasteiger partial charge in [-0.2, -0.15) is 5.10 Å². The maximum atomic E-state index is 4.55. The lowest BCUT2D eigenvalue weighted by molar-refractivity contribution is 0.697. The summed E-state index contributed by atoms with van der Waals surface area (Å²) in [5.41, 5.74) is 1.13. The molecule has 0 saturated heterocycles. The third-order valence-corrected chi connectivity index (χ3v) is 4.36. The fourth-order valence-corrected chi connectivity index (χ4v) is 2.82. The van der Waals surface area contributed by atoms with Crippen LogP contribution in [-0.2, 0) is 20.0 Å². The van der Waals surface area contributed by atoms with Crippen molar-refractivity contribution in [3.8, 4) is 0 Å². The van der Waals surface area contributed by atoms with Gasteiger partial charge in [-0.1, -0.05) is 0 Å². The van der Waals surface area contributed by atoms with Gasteiger partial charge >= 0.3 is 0 Å². The van der Waals surface area contributed by atoms with Crippen molar-refractivity contribution < 1.29 is 0 Å². The summed E-state index contributed by atoms with van der Waals surface area (Å²) in [7, 11) is 1.87. The Bertz CT molecular complexity index is 609. The number of aromatic nitrogens is 4.